The molecule has 0 spiro atoms. The quantitative estimate of drug-likeness (QED) is 0.299. The maximum Gasteiger partial charge on any atom is 0.260 e. The predicted octanol–water partition coefficient (Wildman–Crippen LogP) is 6.60. The van der Waals surface area contributed by atoms with E-state index in [4.69, 9.17) is 4.98 Å². The van der Waals surface area contributed by atoms with Gasteiger partial charge in [0.15, 0.2) is 5.13 Å². The van der Waals surface area contributed by atoms with Gasteiger partial charge in [-0.05, 0) is 60.5 Å². The van der Waals surface area contributed by atoms with Gasteiger partial charge in [0.05, 0.1) is 22.5 Å². The molecule has 4 aromatic rings. The highest BCUT2D eigenvalue weighted by Crippen LogP contribution is 2.32. The first-order valence-corrected chi connectivity index (χ1v) is 12.1. The summed E-state index contributed by atoms with van der Waals surface area (Å²) in [7, 11) is 0. The van der Waals surface area contributed by atoms with E-state index in [0.29, 0.717) is 22.5 Å². The van der Waals surface area contributed by atoms with Crippen molar-refractivity contribution in [1.29, 1.82) is 0 Å². The Morgan fingerprint density at radius 1 is 1.10 bits per heavy atom. The summed E-state index contributed by atoms with van der Waals surface area (Å²) in [6, 6.07) is 19.9. The van der Waals surface area contributed by atoms with Crippen molar-refractivity contribution < 1.29 is 4.79 Å². The van der Waals surface area contributed by atoms with E-state index in [0.717, 1.165) is 27.2 Å². The lowest BCUT2D eigenvalue weighted by atomic mass is 10.2. The molecule has 6 heteroatoms. The zero-order chi connectivity index (χ0) is 21.8. The standard InChI is InChI=1S/C25H25N3OS2/c1-4-18-8-13-22-23(15-18)31-25(27-22)28(16-20-7-5-6-14-26-20)24(29)19-9-11-21(12-10-19)30-17(2)3/h5-15,17H,4,16H2,1-3H3. The Morgan fingerprint density at radius 3 is 2.58 bits per heavy atom. The number of hydrogen-bond acceptors (Lipinski definition) is 5. The topological polar surface area (TPSA) is 46.1 Å². The summed E-state index contributed by atoms with van der Waals surface area (Å²) in [4.78, 5) is 25.7. The molecule has 0 aliphatic rings. The number of thioether (sulfide) groups is 1. The monoisotopic (exact) mass is 447 g/mol. The zero-order valence-electron chi connectivity index (χ0n) is 17.9. The molecule has 0 radical (unpaired) electrons. The average Bonchev–Trinajstić information content (AvgIpc) is 3.20. The van der Waals surface area contributed by atoms with Crippen LogP contribution in [0.3, 0.4) is 0 Å². The predicted molar refractivity (Wildman–Crippen MR) is 131 cm³/mol. The maximum absolute atomic E-state index is 13.5. The van der Waals surface area contributed by atoms with E-state index in [2.05, 4.69) is 37.9 Å². The van der Waals surface area contributed by atoms with Gasteiger partial charge in [0, 0.05) is 21.9 Å². The number of benzene rings is 2. The van der Waals surface area contributed by atoms with Crippen molar-refractivity contribution in [1.82, 2.24) is 9.97 Å². The number of nitrogens with zero attached hydrogens (tertiary/aromatic N) is 3. The second kappa shape index (κ2) is 9.62. The van der Waals surface area contributed by atoms with Crippen LogP contribution < -0.4 is 4.90 Å². The summed E-state index contributed by atoms with van der Waals surface area (Å²) in [6.45, 7) is 6.84. The highest BCUT2D eigenvalue weighted by molar-refractivity contribution is 7.99. The van der Waals surface area contributed by atoms with Crippen LogP contribution in [0.15, 0.2) is 71.8 Å². The van der Waals surface area contributed by atoms with Crippen LogP contribution in [0, 0.1) is 0 Å². The molecule has 2 aromatic carbocycles. The van der Waals surface area contributed by atoms with Gasteiger partial charge in [0.1, 0.15) is 0 Å². The van der Waals surface area contributed by atoms with Gasteiger partial charge in [-0.3, -0.25) is 14.7 Å². The summed E-state index contributed by atoms with van der Waals surface area (Å²) >= 11 is 3.34. The van der Waals surface area contributed by atoms with Gasteiger partial charge in [0.25, 0.3) is 5.91 Å². The Morgan fingerprint density at radius 2 is 1.90 bits per heavy atom. The molecule has 0 bridgehead atoms. The van der Waals surface area contributed by atoms with Crippen LogP contribution in [-0.4, -0.2) is 21.1 Å². The minimum atomic E-state index is -0.0680. The van der Waals surface area contributed by atoms with Crippen LogP contribution in [0.5, 0.6) is 0 Å². The van der Waals surface area contributed by atoms with E-state index >= 15 is 0 Å². The first-order valence-electron chi connectivity index (χ1n) is 10.4. The molecule has 0 aliphatic carbocycles. The smallest absolute Gasteiger partial charge is 0.260 e. The second-order valence-electron chi connectivity index (χ2n) is 7.56. The minimum Gasteiger partial charge on any atom is -0.278 e. The van der Waals surface area contributed by atoms with Gasteiger partial charge < -0.3 is 0 Å². The van der Waals surface area contributed by atoms with Crippen molar-refractivity contribution in [2.75, 3.05) is 4.90 Å². The summed E-state index contributed by atoms with van der Waals surface area (Å²) in [5.41, 5.74) is 3.66. The number of fused-ring (bicyclic) bond motifs is 1. The van der Waals surface area contributed by atoms with Crippen LogP contribution >= 0.6 is 23.1 Å². The third kappa shape index (κ3) is 5.14. The molecule has 0 unspecified atom stereocenters. The van der Waals surface area contributed by atoms with Gasteiger partial charge in [-0.2, -0.15) is 0 Å². The van der Waals surface area contributed by atoms with Crippen LogP contribution in [0.4, 0.5) is 5.13 Å². The SMILES string of the molecule is CCc1ccc2nc(N(Cc3ccccn3)C(=O)c3ccc(SC(C)C)cc3)sc2c1. The Balaban J connectivity index is 1.69. The van der Waals surface area contributed by atoms with Gasteiger partial charge >= 0.3 is 0 Å². The van der Waals surface area contributed by atoms with Crippen molar-refractivity contribution >= 4 is 44.4 Å². The van der Waals surface area contributed by atoms with Crippen molar-refractivity contribution in [3.8, 4) is 0 Å². The van der Waals surface area contributed by atoms with Crippen LogP contribution in [-0.2, 0) is 13.0 Å². The Kier molecular flexibility index (Phi) is 6.68. The largest absolute Gasteiger partial charge is 0.278 e. The Hall–Kier alpha value is -2.70. The molecule has 0 atom stereocenters. The third-order valence-electron chi connectivity index (χ3n) is 4.85. The van der Waals surface area contributed by atoms with Crippen LogP contribution in [0.2, 0.25) is 0 Å². The van der Waals surface area contributed by atoms with Gasteiger partial charge in [-0.25, -0.2) is 4.98 Å². The fraction of sp³-hybridized carbons (Fsp3) is 0.240. The fourth-order valence-electron chi connectivity index (χ4n) is 3.28. The summed E-state index contributed by atoms with van der Waals surface area (Å²) < 4.78 is 1.09. The van der Waals surface area contributed by atoms with Crippen molar-refractivity contribution in [2.24, 2.45) is 0 Å². The van der Waals surface area contributed by atoms with Gasteiger partial charge in [-0.1, -0.05) is 44.2 Å². The van der Waals surface area contributed by atoms with Crippen molar-refractivity contribution in [3.63, 3.8) is 0 Å². The molecule has 4 nitrogen and oxygen atoms in total. The van der Waals surface area contributed by atoms with Crippen molar-refractivity contribution in [2.45, 2.75) is 43.9 Å². The van der Waals surface area contributed by atoms with E-state index in [1.807, 2.05) is 48.5 Å². The lowest BCUT2D eigenvalue weighted by Crippen LogP contribution is -2.30. The normalized spacial score (nSPS) is 11.2. The van der Waals surface area contributed by atoms with E-state index in [1.165, 1.54) is 5.56 Å². The number of carbonyl (C=O) groups is 1. The summed E-state index contributed by atoms with van der Waals surface area (Å²) in [6.07, 6.45) is 2.72. The number of anilines is 1. The molecule has 2 heterocycles. The highest BCUT2D eigenvalue weighted by atomic mass is 32.2. The molecule has 4 rings (SSSR count). The third-order valence-corrected chi connectivity index (χ3v) is 6.90. The molecule has 0 N–H and O–H groups in total. The summed E-state index contributed by atoms with van der Waals surface area (Å²) in [5.74, 6) is -0.0680. The molecule has 0 fully saturated rings. The zero-order valence-corrected chi connectivity index (χ0v) is 19.5. The molecule has 0 aliphatic heterocycles. The van der Waals surface area contributed by atoms with Gasteiger partial charge in [0.2, 0.25) is 0 Å². The Bertz CT molecular complexity index is 1170. The number of aromatic nitrogens is 2. The molecule has 0 saturated carbocycles. The maximum atomic E-state index is 13.5. The van der Waals surface area contributed by atoms with E-state index in [9.17, 15) is 4.79 Å². The molecule has 158 valence electrons. The number of hydrogen-bond donors (Lipinski definition) is 0. The number of rotatable bonds is 7. The average molecular weight is 448 g/mol. The molecule has 1 amide bonds. The van der Waals surface area contributed by atoms with Gasteiger partial charge in [-0.15, -0.1) is 11.8 Å². The van der Waals surface area contributed by atoms with E-state index in [-0.39, 0.29) is 5.91 Å². The first-order chi connectivity index (χ1) is 15.0. The molecule has 2 aromatic heterocycles. The van der Waals surface area contributed by atoms with Crippen LogP contribution in [0.1, 0.15) is 42.4 Å². The summed E-state index contributed by atoms with van der Waals surface area (Å²) in [5, 5.41) is 1.19. The van der Waals surface area contributed by atoms with E-state index < -0.39 is 0 Å². The van der Waals surface area contributed by atoms with E-state index in [1.54, 1.807) is 34.2 Å². The first kappa shape index (κ1) is 21.5. The number of carbonyl (C=O) groups excluding carboxylic acids is 1. The number of amides is 1. The molecule has 31 heavy (non-hydrogen) atoms. The molecular weight excluding hydrogens is 422 g/mol. The molecule has 0 saturated heterocycles. The fourth-order valence-corrected chi connectivity index (χ4v) is 5.14. The van der Waals surface area contributed by atoms with Crippen molar-refractivity contribution in [3.05, 3.63) is 83.7 Å². The number of thiazole rings is 1. The molecular formula is C25H25N3OS2. The lowest BCUT2D eigenvalue weighted by Gasteiger charge is -2.20. The lowest BCUT2D eigenvalue weighted by molar-refractivity contribution is 0.0984. The number of aryl methyl sites for hydroxylation is 1. The Labute approximate surface area is 191 Å². The second-order valence-corrected chi connectivity index (χ2v) is 10.2. The minimum absolute atomic E-state index is 0.0680. The van der Waals surface area contributed by atoms with Crippen LogP contribution in [0.25, 0.3) is 10.2 Å². The number of pyridine rings is 1. The highest BCUT2D eigenvalue weighted by Gasteiger charge is 2.22.